The summed E-state index contributed by atoms with van der Waals surface area (Å²) in [5, 5.41) is 11.4. The average molecular weight is 233 g/mol. The quantitative estimate of drug-likeness (QED) is 0.847. The van der Waals surface area contributed by atoms with E-state index in [2.05, 4.69) is 52.5 Å². The highest BCUT2D eigenvalue weighted by molar-refractivity contribution is 5.15. The zero-order valence-electron chi connectivity index (χ0n) is 10.6. The van der Waals surface area contributed by atoms with E-state index >= 15 is 0 Å². The van der Waals surface area contributed by atoms with Gasteiger partial charge in [-0.1, -0.05) is 12.1 Å². The third-order valence-corrected chi connectivity index (χ3v) is 2.78. The fourth-order valence-electron chi connectivity index (χ4n) is 1.89. The second kappa shape index (κ2) is 5.14. The predicted octanol–water partition coefficient (Wildman–Crippen LogP) is 1.34. The maximum absolute atomic E-state index is 4.08. The Kier molecular flexibility index (Phi) is 3.58. The molecule has 0 saturated carbocycles. The summed E-state index contributed by atoms with van der Waals surface area (Å²) < 4.78 is 3.86. The fourth-order valence-corrected chi connectivity index (χ4v) is 1.89. The van der Waals surface area contributed by atoms with Crippen LogP contribution in [0.4, 0.5) is 0 Å². The van der Waals surface area contributed by atoms with Gasteiger partial charge < -0.3 is 9.88 Å². The van der Waals surface area contributed by atoms with E-state index in [0.29, 0.717) is 6.04 Å². The van der Waals surface area contributed by atoms with Gasteiger partial charge in [-0.15, -0.1) is 5.10 Å². The van der Waals surface area contributed by atoms with Crippen LogP contribution in [0.1, 0.15) is 31.1 Å². The predicted molar refractivity (Wildman–Crippen MR) is 66.6 cm³/mol. The summed E-state index contributed by atoms with van der Waals surface area (Å²) in [7, 11) is 1.88. The van der Waals surface area contributed by atoms with Crippen molar-refractivity contribution in [2.75, 3.05) is 6.54 Å². The highest BCUT2D eigenvalue weighted by Crippen LogP contribution is 2.13. The minimum absolute atomic E-state index is 0.392. The molecule has 5 heteroatoms. The van der Waals surface area contributed by atoms with Crippen LogP contribution >= 0.6 is 0 Å². The number of aryl methyl sites for hydroxylation is 1. The van der Waals surface area contributed by atoms with E-state index in [0.717, 1.165) is 18.8 Å². The molecule has 2 heterocycles. The van der Waals surface area contributed by atoms with Crippen molar-refractivity contribution in [2.24, 2.45) is 7.05 Å². The molecular formula is C12H19N5. The van der Waals surface area contributed by atoms with Gasteiger partial charge >= 0.3 is 0 Å². The lowest BCUT2D eigenvalue weighted by Crippen LogP contribution is -2.17. The molecule has 0 aliphatic carbocycles. The van der Waals surface area contributed by atoms with E-state index in [1.807, 2.05) is 13.2 Å². The van der Waals surface area contributed by atoms with E-state index in [1.165, 1.54) is 5.56 Å². The molecule has 92 valence electrons. The molecule has 1 N–H and O–H groups in total. The monoisotopic (exact) mass is 233 g/mol. The molecular weight excluding hydrogens is 214 g/mol. The van der Waals surface area contributed by atoms with E-state index in [1.54, 1.807) is 4.68 Å². The lowest BCUT2D eigenvalue weighted by atomic mass is 10.2. The smallest absolute Gasteiger partial charge is 0.102 e. The molecule has 2 aromatic rings. The standard InChI is InChI=1S/C12H19N5/c1-4-13-10(2)11-5-6-17(7-11)9-12-8-16(3)15-14-12/h5-8,10,13H,4,9H2,1-3H3. The molecule has 0 spiro atoms. The van der Waals surface area contributed by atoms with Crippen LogP contribution in [-0.2, 0) is 13.6 Å². The minimum Gasteiger partial charge on any atom is -0.348 e. The van der Waals surface area contributed by atoms with Crippen LogP contribution in [0.5, 0.6) is 0 Å². The molecule has 5 nitrogen and oxygen atoms in total. The van der Waals surface area contributed by atoms with Gasteiger partial charge in [-0.05, 0) is 25.1 Å². The van der Waals surface area contributed by atoms with Gasteiger partial charge in [-0.25, -0.2) is 0 Å². The topological polar surface area (TPSA) is 47.7 Å². The molecule has 0 bridgehead atoms. The second-order valence-corrected chi connectivity index (χ2v) is 4.28. The Morgan fingerprint density at radius 2 is 2.24 bits per heavy atom. The van der Waals surface area contributed by atoms with Gasteiger partial charge in [0.05, 0.1) is 6.54 Å². The van der Waals surface area contributed by atoms with Gasteiger partial charge in [-0.2, -0.15) is 0 Å². The third-order valence-electron chi connectivity index (χ3n) is 2.78. The molecule has 0 aromatic carbocycles. The number of hydrogen-bond acceptors (Lipinski definition) is 3. The molecule has 2 aromatic heterocycles. The molecule has 2 rings (SSSR count). The van der Waals surface area contributed by atoms with Crippen LogP contribution < -0.4 is 5.32 Å². The highest BCUT2D eigenvalue weighted by atomic mass is 15.4. The molecule has 17 heavy (non-hydrogen) atoms. The van der Waals surface area contributed by atoms with Crippen molar-refractivity contribution in [1.29, 1.82) is 0 Å². The summed E-state index contributed by atoms with van der Waals surface area (Å²) in [6.07, 6.45) is 6.17. The maximum atomic E-state index is 4.08. The summed E-state index contributed by atoms with van der Waals surface area (Å²) in [4.78, 5) is 0. The Bertz CT molecular complexity index is 471. The van der Waals surface area contributed by atoms with Crippen molar-refractivity contribution in [3.05, 3.63) is 35.9 Å². The van der Waals surface area contributed by atoms with Crippen molar-refractivity contribution < 1.29 is 0 Å². The summed E-state index contributed by atoms with van der Waals surface area (Å²) in [5.74, 6) is 0. The lowest BCUT2D eigenvalue weighted by Gasteiger charge is -2.09. The SMILES string of the molecule is CCNC(C)c1ccn(Cc2cn(C)nn2)c1. The third kappa shape index (κ3) is 2.94. The molecule has 1 unspecified atom stereocenters. The normalized spacial score (nSPS) is 12.9. The zero-order chi connectivity index (χ0) is 12.3. The maximum Gasteiger partial charge on any atom is 0.102 e. The van der Waals surface area contributed by atoms with Crippen molar-refractivity contribution >= 4 is 0 Å². The van der Waals surface area contributed by atoms with Crippen molar-refractivity contribution in [3.8, 4) is 0 Å². The summed E-state index contributed by atoms with van der Waals surface area (Å²) in [5.41, 5.74) is 2.28. The molecule has 0 saturated heterocycles. The number of hydrogen-bond donors (Lipinski definition) is 1. The first kappa shape index (κ1) is 11.9. The number of nitrogens with one attached hydrogen (secondary N) is 1. The Morgan fingerprint density at radius 3 is 2.88 bits per heavy atom. The van der Waals surface area contributed by atoms with Crippen LogP contribution in [0.2, 0.25) is 0 Å². The van der Waals surface area contributed by atoms with Crippen molar-refractivity contribution in [3.63, 3.8) is 0 Å². The number of aromatic nitrogens is 4. The first-order chi connectivity index (χ1) is 8.19. The van der Waals surface area contributed by atoms with Crippen LogP contribution in [0, 0.1) is 0 Å². The summed E-state index contributed by atoms with van der Waals surface area (Å²) in [6.45, 7) is 6.04. The van der Waals surface area contributed by atoms with E-state index in [-0.39, 0.29) is 0 Å². The molecule has 0 aliphatic rings. The van der Waals surface area contributed by atoms with Gasteiger partial charge in [0, 0.05) is 31.7 Å². The first-order valence-electron chi connectivity index (χ1n) is 5.93. The molecule has 0 aliphatic heterocycles. The average Bonchev–Trinajstić information content (AvgIpc) is 2.89. The van der Waals surface area contributed by atoms with Gasteiger partial charge in [0.25, 0.3) is 0 Å². The second-order valence-electron chi connectivity index (χ2n) is 4.28. The van der Waals surface area contributed by atoms with Crippen LogP contribution in [-0.4, -0.2) is 26.1 Å². The lowest BCUT2D eigenvalue weighted by molar-refractivity contribution is 0.596. The van der Waals surface area contributed by atoms with Crippen LogP contribution in [0.25, 0.3) is 0 Å². The largest absolute Gasteiger partial charge is 0.348 e. The molecule has 1 atom stereocenters. The summed E-state index contributed by atoms with van der Waals surface area (Å²) in [6, 6.07) is 2.53. The first-order valence-corrected chi connectivity index (χ1v) is 5.93. The Morgan fingerprint density at radius 1 is 1.41 bits per heavy atom. The number of rotatable bonds is 5. The van der Waals surface area contributed by atoms with E-state index < -0.39 is 0 Å². The van der Waals surface area contributed by atoms with Gasteiger partial charge in [0.2, 0.25) is 0 Å². The Balaban J connectivity index is 2.03. The Labute approximate surface area is 101 Å². The summed E-state index contributed by atoms with van der Waals surface area (Å²) >= 11 is 0. The zero-order valence-corrected chi connectivity index (χ0v) is 10.6. The van der Waals surface area contributed by atoms with Crippen LogP contribution in [0.3, 0.4) is 0 Å². The van der Waals surface area contributed by atoms with Gasteiger partial charge in [0.1, 0.15) is 5.69 Å². The highest BCUT2D eigenvalue weighted by Gasteiger charge is 2.06. The van der Waals surface area contributed by atoms with Crippen LogP contribution in [0.15, 0.2) is 24.7 Å². The molecule has 0 fully saturated rings. The molecule has 0 radical (unpaired) electrons. The molecule has 0 amide bonds. The minimum atomic E-state index is 0.392. The van der Waals surface area contributed by atoms with Crippen molar-refractivity contribution in [1.82, 2.24) is 24.9 Å². The van der Waals surface area contributed by atoms with Gasteiger partial charge in [0.15, 0.2) is 0 Å². The Hall–Kier alpha value is -1.62. The number of nitrogens with zero attached hydrogens (tertiary/aromatic N) is 4. The van der Waals surface area contributed by atoms with Crippen molar-refractivity contribution in [2.45, 2.75) is 26.4 Å². The van der Waals surface area contributed by atoms with E-state index in [4.69, 9.17) is 0 Å². The van der Waals surface area contributed by atoms with E-state index in [9.17, 15) is 0 Å². The fraction of sp³-hybridized carbons (Fsp3) is 0.500. The van der Waals surface area contributed by atoms with Gasteiger partial charge in [-0.3, -0.25) is 4.68 Å².